The SMILES string of the molecule is CCOc1nc(Nc2ccc(N3CCOCC3)cc2)nc2[nH]nc(SOOC)c12. The molecular weight excluding hydrogens is 396 g/mol. The Hall–Kier alpha value is -2.60. The molecule has 1 fully saturated rings. The van der Waals surface area contributed by atoms with Crippen molar-refractivity contribution in [2.24, 2.45) is 0 Å². The maximum Gasteiger partial charge on any atom is 0.232 e. The Bertz CT molecular complexity index is 945. The molecule has 10 nitrogen and oxygen atoms in total. The van der Waals surface area contributed by atoms with Crippen LogP contribution in [0.25, 0.3) is 11.0 Å². The number of H-pyrrole nitrogens is 1. The molecule has 0 bridgehead atoms. The number of nitrogens with zero attached hydrogens (tertiary/aromatic N) is 4. The highest BCUT2D eigenvalue weighted by atomic mass is 32.2. The number of hydrogen-bond donors (Lipinski definition) is 2. The summed E-state index contributed by atoms with van der Waals surface area (Å²) in [6, 6.07) is 8.14. The highest BCUT2D eigenvalue weighted by Gasteiger charge is 2.18. The molecule has 2 N–H and O–H groups in total. The second kappa shape index (κ2) is 9.27. The topological polar surface area (TPSA) is 107 Å². The lowest BCUT2D eigenvalue weighted by molar-refractivity contribution is -0.160. The third kappa shape index (κ3) is 4.53. The standard InChI is InChI=1S/C18H22N6O4S/c1-3-27-16-14-15(22-23-17(14)29-28-25-2)20-18(21-16)19-12-4-6-13(7-5-12)24-8-10-26-11-9-24/h4-7H,3,8-11H2,1-2H3,(H2,19,20,21,22,23). The molecule has 2 aromatic heterocycles. The maximum absolute atomic E-state index is 5.70. The quantitative estimate of drug-likeness (QED) is 0.322. The number of hydrogen-bond acceptors (Lipinski definition) is 10. The zero-order valence-corrected chi connectivity index (χ0v) is 17.0. The summed E-state index contributed by atoms with van der Waals surface area (Å²) in [5, 5.41) is 11.5. The van der Waals surface area contributed by atoms with Crippen molar-refractivity contribution in [2.45, 2.75) is 11.9 Å². The van der Waals surface area contributed by atoms with Crippen LogP contribution in [-0.4, -0.2) is 60.2 Å². The zero-order chi connectivity index (χ0) is 20.1. The first-order chi connectivity index (χ1) is 14.3. The zero-order valence-electron chi connectivity index (χ0n) is 16.2. The Kier molecular flexibility index (Phi) is 6.30. The first-order valence-corrected chi connectivity index (χ1v) is 9.98. The number of rotatable bonds is 8. The molecule has 1 aliphatic rings. The van der Waals surface area contributed by atoms with E-state index in [1.165, 1.54) is 12.8 Å². The molecule has 11 heteroatoms. The third-order valence-corrected chi connectivity index (χ3v) is 4.97. The van der Waals surface area contributed by atoms with Crippen LogP contribution in [0.3, 0.4) is 0 Å². The second-order valence-electron chi connectivity index (χ2n) is 6.13. The van der Waals surface area contributed by atoms with Gasteiger partial charge in [0.15, 0.2) is 10.7 Å². The molecule has 0 amide bonds. The van der Waals surface area contributed by atoms with E-state index in [4.69, 9.17) is 13.8 Å². The molecule has 154 valence electrons. The van der Waals surface area contributed by atoms with Crippen LogP contribution in [0.4, 0.5) is 17.3 Å². The van der Waals surface area contributed by atoms with Gasteiger partial charge in [-0.15, -0.1) is 0 Å². The molecule has 0 aliphatic carbocycles. The summed E-state index contributed by atoms with van der Waals surface area (Å²) in [5.41, 5.74) is 2.58. The van der Waals surface area contributed by atoms with Crippen LogP contribution in [-0.2, 0) is 14.0 Å². The Balaban J connectivity index is 1.55. The molecule has 0 saturated carbocycles. The molecular formula is C18H22N6O4S. The number of morpholine rings is 1. The van der Waals surface area contributed by atoms with Crippen molar-refractivity contribution in [1.82, 2.24) is 20.2 Å². The van der Waals surface area contributed by atoms with Gasteiger partial charge in [-0.2, -0.15) is 19.4 Å². The fourth-order valence-corrected chi connectivity index (χ4v) is 3.49. The van der Waals surface area contributed by atoms with Crippen molar-refractivity contribution >= 4 is 40.4 Å². The molecule has 29 heavy (non-hydrogen) atoms. The van der Waals surface area contributed by atoms with E-state index in [-0.39, 0.29) is 0 Å². The predicted octanol–water partition coefficient (Wildman–Crippen LogP) is 2.92. The lowest BCUT2D eigenvalue weighted by Crippen LogP contribution is -2.36. The van der Waals surface area contributed by atoms with Crippen molar-refractivity contribution in [2.75, 3.05) is 50.2 Å². The molecule has 3 aromatic rings. The van der Waals surface area contributed by atoms with E-state index in [0.29, 0.717) is 34.5 Å². The first-order valence-electron chi connectivity index (χ1n) is 9.24. The molecule has 0 radical (unpaired) electrons. The lowest BCUT2D eigenvalue weighted by atomic mass is 10.2. The van der Waals surface area contributed by atoms with Gasteiger partial charge >= 0.3 is 0 Å². The average Bonchev–Trinajstić information content (AvgIpc) is 3.17. The van der Waals surface area contributed by atoms with Crippen LogP contribution in [0, 0.1) is 0 Å². The van der Waals surface area contributed by atoms with Gasteiger partial charge in [0.05, 0.1) is 39.0 Å². The summed E-state index contributed by atoms with van der Waals surface area (Å²) in [6.07, 6.45) is 0. The minimum absolute atomic E-state index is 0.410. The smallest absolute Gasteiger partial charge is 0.232 e. The van der Waals surface area contributed by atoms with E-state index in [1.54, 1.807) is 0 Å². The van der Waals surface area contributed by atoms with Gasteiger partial charge in [0, 0.05) is 24.5 Å². The molecule has 0 unspecified atom stereocenters. The summed E-state index contributed by atoms with van der Waals surface area (Å²) in [7, 11) is 1.42. The fourth-order valence-electron chi connectivity index (χ4n) is 3.00. The fraction of sp³-hybridized carbons (Fsp3) is 0.389. The van der Waals surface area contributed by atoms with Gasteiger partial charge < -0.3 is 19.7 Å². The molecule has 0 atom stereocenters. The minimum atomic E-state index is 0.410. The Morgan fingerprint density at radius 2 is 2.00 bits per heavy atom. The van der Waals surface area contributed by atoms with Crippen molar-refractivity contribution in [3.63, 3.8) is 0 Å². The van der Waals surface area contributed by atoms with Crippen LogP contribution < -0.4 is 15.0 Å². The van der Waals surface area contributed by atoms with Crippen LogP contribution in [0.15, 0.2) is 29.3 Å². The van der Waals surface area contributed by atoms with Gasteiger partial charge in [0.1, 0.15) is 5.39 Å². The van der Waals surface area contributed by atoms with Gasteiger partial charge in [0.2, 0.25) is 11.8 Å². The molecule has 1 aromatic carbocycles. The van der Waals surface area contributed by atoms with Crippen LogP contribution in [0.1, 0.15) is 6.92 Å². The normalized spacial score (nSPS) is 14.3. The predicted molar refractivity (Wildman–Crippen MR) is 110 cm³/mol. The molecule has 4 rings (SSSR count). The summed E-state index contributed by atoms with van der Waals surface area (Å²) < 4.78 is 16.0. The largest absolute Gasteiger partial charge is 0.477 e. The van der Waals surface area contributed by atoms with Crippen LogP contribution >= 0.6 is 12.0 Å². The number of aromatic amines is 1. The van der Waals surface area contributed by atoms with E-state index < -0.39 is 0 Å². The van der Waals surface area contributed by atoms with Crippen molar-refractivity contribution in [3.05, 3.63) is 24.3 Å². The number of anilines is 3. The molecule has 1 saturated heterocycles. The van der Waals surface area contributed by atoms with Gasteiger partial charge in [0.25, 0.3) is 0 Å². The van der Waals surface area contributed by atoms with E-state index in [9.17, 15) is 0 Å². The summed E-state index contributed by atoms with van der Waals surface area (Å²) in [5.74, 6) is 0.828. The Morgan fingerprint density at radius 1 is 1.21 bits per heavy atom. The van der Waals surface area contributed by atoms with Gasteiger partial charge in [-0.05, 0) is 31.2 Å². The van der Waals surface area contributed by atoms with E-state index in [2.05, 4.69) is 47.4 Å². The molecule has 1 aliphatic heterocycles. The lowest BCUT2D eigenvalue weighted by Gasteiger charge is -2.28. The summed E-state index contributed by atoms with van der Waals surface area (Å²) >= 11 is 0.963. The Labute approximate surface area is 172 Å². The number of fused-ring (bicyclic) bond motifs is 1. The van der Waals surface area contributed by atoms with E-state index in [0.717, 1.165) is 44.0 Å². The summed E-state index contributed by atoms with van der Waals surface area (Å²) in [4.78, 5) is 15.9. The monoisotopic (exact) mass is 418 g/mol. The van der Waals surface area contributed by atoms with E-state index in [1.807, 2.05) is 19.1 Å². The Morgan fingerprint density at radius 3 is 2.72 bits per heavy atom. The first kappa shape index (κ1) is 19.7. The molecule has 3 heterocycles. The molecule has 0 spiro atoms. The number of nitrogens with one attached hydrogen (secondary N) is 2. The second-order valence-corrected chi connectivity index (χ2v) is 6.82. The number of benzene rings is 1. The van der Waals surface area contributed by atoms with E-state index >= 15 is 0 Å². The maximum atomic E-state index is 5.70. The summed E-state index contributed by atoms with van der Waals surface area (Å²) in [6.45, 7) is 5.67. The van der Waals surface area contributed by atoms with Crippen molar-refractivity contribution in [1.29, 1.82) is 0 Å². The average molecular weight is 418 g/mol. The minimum Gasteiger partial charge on any atom is -0.477 e. The van der Waals surface area contributed by atoms with Gasteiger partial charge in [-0.25, -0.2) is 4.89 Å². The number of aromatic nitrogens is 4. The van der Waals surface area contributed by atoms with Gasteiger partial charge in [-0.1, -0.05) is 0 Å². The van der Waals surface area contributed by atoms with Crippen LogP contribution in [0.5, 0.6) is 5.88 Å². The van der Waals surface area contributed by atoms with Crippen LogP contribution in [0.2, 0.25) is 0 Å². The van der Waals surface area contributed by atoms with Crippen molar-refractivity contribution in [3.8, 4) is 5.88 Å². The van der Waals surface area contributed by atoms with Crippen molar-refractivity contribution < 1.29 is 18.7 Å². The van der Waals surface area contributed by atoms with Gasteiger partial charge in [-0.3, -0.25) is 5.10 Å². The highest BCUT2D eigenvalue weighted by Crippen LogP contribution is 2.33. The highest BCUT2D eigenvalue weighted by molar-refractivity contribution is 7.94. The third-order valence-electron chi connectivity index (χ3n) is 4.31. The number of ether oxygens (including phenoxy) is 2.